The Bertz CT molecular complexity index is 1210. The van der Waals surface area contributed by atoms with Gasteiger partial charge in [0.1, 0.15) is 36.4 Å². The molecule has 8 nitrogen and oxygen atoms in total. The predicted molar refractivity (Wildman–Crippen MR) is 124 cm³/mol. The third kappa shape index (κ3) is 6.51. The Morgan fingerprint density at radius 2 is 1.94 bits per heavy atom. The fraction of sp³-hybridized carbons (Fsp3) is 0.208. The fourth-order valence-corrected chi connectivity index (χ4v) is 2.95. The highest BCUT2D eigenvalue weighted by Gasteiger charge is 2.13. The van der Waals surface area contributed by atoms with Crippen molar-refractivity contribution in [3.63, 3.8) is 0 Å². The maximum Gasteiger partial charge on any atom is 0.267 e. The smallest absolute Gasteiger partial charge is 0.267 e. The zero-order valence-electron chi connectivity index (χ0n) is 18.3. The monoisotopic (exact) mass is 467 g/mol. The molecule has 0 radical (unpaired) electrons. The highest BCUT2D eigenvalue weighted by Crippen LogP contribution is 2.29. The van der Waals surface area contributed by atoms with Crippen molar-refractivity contribution < 1.29 is 23.5 Å². The number of aryl methyl sites for hydroxylation is 2. The average Bonchev–Trinajstić information content (AvgIpc) is 3.22. The van der Waals surface area contributed by atoms with E-state index in [9.17, 15) is 10.1 Å². The van der Waals surface area contributed by atoms with Crippen LogP contribution >= 0.6 is 11.6 Å². The number of aromatic nitrogens is 1. The Labute approximate surface area is 196 Å². The normalized spacial score (nSPS) is 10.9. The van der Waals surface area contributed by atoms with Gasteiger partial charge < -0.3 is 24.1 Å². The van der Waals surface area contributed by atoms with Crippen LogP contribution in [0.2, 0.25) is 5.02 Å². The first-order chi connectivity index (χ1) is 15.9. The van der Waals surface area contributed by atoms with E-state index in [1.54, 1.807) is 43.3 Å². The number of halogens is 1. The van der Waals surface area contributed by atoms with Gasteiger partial charge in [0.25, 0.3) is 5.91 Å². The van der Waals surface area contributed by atoms with E-state index in [0.717, 1.165) is 5.56 Å². The van der Waals surface area contributed by atoms with Crippen LogP contribution in [-0.4, -0.2) is 31.4 Å². The van der Waals surface area contributed by atoms with Crippen LogP contribution in [0.5, 0.6) is 17.2 Å². The minimum atomic E-state index is -0.598. The molecule has 1 aromatic heterocycles. The first-order valence-corrected chi connectivity index (χ1v) is 10.3. The number of hydrogen-bond acceptors (Lipinski definition) is 7. The fourth-order valence-electron chi connectivity index (χ4n) is 2.84. The van der Waals surface area contributed by atoms with Crippen molar-refractivity contribution in [3.8, 4) is 23.3 Å². The summed E-state index contributed by atoms with van der Waals surface area (Å²) in [5.41, 5.74) is 1.43. The van der Waals surface area contributed by atoms with Crippen LogP contribution in [0.1, 0.15) is 16.9 Å². The molecule has 1 N–H and O–H groups in total. The zero-order chi connectivity index (χ0) is 23.8. The number of methoxy groups -OCH3 is 1. The van der Waals surface area contributed by atoms with E-state index in [2.05, 4.69) is 10.5 Å². The number of nitriles is 1. The summed E-state index contributed by atoms with van der Waals surface area (Å²) in [5, 5.41) is 16.3. The van der Waals surface area contributed by atoms with Crippen LogP contribution in [0, 0.1) is 25.2 Å². The van der Waals surface area contributed by atoms with Crippen LogP contribution in [0.4, 0.5) is 5.82 Å². The van der Waals surface area contributed by atoms with Crippen molar-refractivity contribution in [2.75, 3.05) is 25.6 Å². The first-order valence-electron chi connectivity index (χ1n) is 9.96. The van der Waals surface area contributed by atoms with E-state index < -0.39 is 5.91 Å². The second-order valence-corrected chi connectivity index (χ2v) is 7.37. The lowest BCUT2D eigenvalue weighted by molar-refractivity contribution is -0.112. The summed E-state index contributed by atoms with van der Waals surface area (Å²) in [6.45, 7) is 4.22. The maximum absolute atomic E-state index is 12.3. The van der Waals surface area contributed by atoms with Gasteiger partial charge in [-0.2, -0.15) is 5.26 Å². The number of ether oxygens (including phenoxy) is 3. The number of nitrogens with zero attached hydrogens (tertiary/aromatic N) is 2. The number of amides is 1. The SMILES string of the molecule is COc1cc(/C=C(/C#N)C(=O)Nc2cc(C)on2)ccc1OCCOc1ccc(Cl)c(C)c1. The summed E-state index contributed by atoms with van der Waals surface area (Å²) in [5.74, 6) is 1.84. The molecule has 0 saturated heterocycles. The van der Waals surface area contributed by atoms with Crippen molar-refractivity contribution in [1.82, 2.24) is 5.16 Å². The molecule has 0 bridgehead atoms. The van der Waals surface area contributed by atoms with Crippen molar-refractivity contribution in [1.29, 1.82) is 5.26 Å². The average molecular weight is 468 g/mol. The highest BCUT2D eigenvalue weighted by molar-refractivity contribution is 6.31. The molecular formula is C24H22ClN3O5. The Morgan fingerprint density at radius 1 is 1.15 bits per heavy atom. The van der Waals surface area contributed by atoms with E-state index in [0.29, 0.717) is 40.2 Å². The van der Waals surface area contributed by atoms with Gasteiger partial charge >= 0.3 is 0 Å². The van der Waals surface area contributed by atoms with Crippen LogP contribution in [0.25, 0.3) is 6.08 Å². The zero-order valence-corrected chi connectivity index (χ0v) is 19.1. The Morgan fingerprint density at radius 3 is 2.61 bits per heavy atom. The molecule has 3 aromatic rings. The highest BCUT2D eigenvalue weighted by atomic mass is 35.5. The third-order valence-corrected chi connectivity index (χ3v) is 4.90. The van der Waals surface area contributed by atoms with Gasteiger partial charge in [0.05, 0.1) is 7.11 Å². The first kappa shape index (κ1) is 23.7. The topological polar surface area (TPSA) is 107 Å². The summed E-state index contributed by atoms with van der Waals surface area (Å²) in [7, 11) is 1.51. The number of hydrogen-bond donors (Lipinski definition) is 1. The number of anilines is 1. The minimum Gasteiger partial charge on any atom is -0.493 e. The summed E-state index contributed by atoms with van der Waals surface area (Å²) in [4.78, 5) is 12.3. The van der Waals surface area contributed by atoms with Gasteiger partial charge in [-0.05, 0) is 61.4 Å². The van der Waals surface area contributed by atoms with Crippen LogP contribution in [0.15, 0.2) is 52.6 Å². The number of benzene rings is 2. The van der Waals surface area contributed by atoms with Crippen molar-refractivity contribution in [2.24, 2.45) is 0 Å². The molecule has 33 heavy (non-hydrogen) atoms. The molecule has 1 amide bonds. The van der Waals surface area contributed by atoms with Gasteiger partial charge in [-0.1, -0.05) is 22.8 Å². The molecular weight excluding hydrogens is 446 g/mol. The van der Waals surface area contributed by atoms with E-state index in [-0.39, 0.29) is 18.0 Å². The lowest BCUT2D eigenvalue weighted by atomic mass is 10.1. The molecule has 3 rings (SSSR count). The van der Waals surface area contributed by atoms with Crippen molar-refractivity contribution in [3.05, 3.63) is 69.9 Å². The summed E-state index contributed by atoms with van der Waals surface area (Å²) >= 11 is 6.02. The van der Waals surface area contributed by atoms with Crippen molar-refractivity contribution in [2.45, 2.75) is 13.8 Å². The lowest BCUT2D eigenvalue weighted by Crippen LogP contribution is -2.13. The van der Waals surface area contributed by atoms with E-state index >= 15 is 0 Å². The molecule has 1 heterocycles. The quantitative estimate of drug-likeness (QED) is 0.269. The Balaban J connectivity index is 1.62. The molecule has 0 unspecified atom stereocenters. The molecule has 0 spiro atoms. The second-order valence-electron chi connectivity index (χ2n) is 6.96. The molecule has 0 aliphatic carbocycles. The van der Waals surface area contributed by atoms with E-state index in [1.165, 1.54) is 13.2 Å². The van der Waals surface area contributed by atoms with Gasteiger partial charge in [0.15, 0.2) is 17.3 Å². The van der Waals surface area contributed by atoms with Gasteiger partial charge in [-0.3, -0.25) is 4.79 Å². The van der Waals surface area contributed by atoms with E-state index in [4.69, 9.17) is 30.3 Å². The molecule has 0 atom stereocenters. The molecule has 0 fully saturated rings. The molecule has 2 aromatic carbocycles. The van der Waals surface area contributed by atoms with Crippen LogP contribution < -0.4 is 19.5 Å². The van der Waals surface area contributed by atoms with E-state index in [1.807, 2.05) is 19.1 Å². The van der Waals surface area contributed by atoms with Gasteiger partial charge in [-0.15, -0.1) is 0 Å². The standard InChI is InChI=1S/C24H22ClN3O5/c1-15-10-19(5-6-20(15)25)31-8-9-32-21-7-4-17(13-22(21)30-3)12-18(14-26)24(29)27-23-11-16(2)33-28-23/h4-7,10-13H,8-9H2,1-3H3,(H,27,28,29)/b18-12-. The largest absolute Gasteiger partial charge is 0.493 e. The molecule has 0 aliphatic rings. The molecule has 0 saturated carbocycles. The Kier molecular flexibility index (Phi) is 7.95. The summed E-state index contributed by atoms with van der Waals surface area (Å²) < 4.78 is 21.7. The van der Waals surface area contributed by atoms with Crippen LogP contribution in [-0.2, 0) is 4.79 Å². The number of carbonyl (C=O) groups is 1. The lowest BCUT2D eigenvalue weighted by Gasteiger charge is -2.12. The maximum atomic E-state index is 12.3. The number of carbonyl (C=O) groups excluding carboxylic acids is 1. The Hall–Kier alpha value is -3.96. The summed E-state index contributed by atoms with van der Waals surface area (Å²) in [6, 6.07) is 14.0. The van der Waals surface area contributed by atoms with Crippen molar-refractivity contribution >= 4 is 29.4 Å². The minimum absolute atomic E-state index is 0.0990. The molecule has 170 valence electrons. The third-order valence-electron chi connectivity index (χ3n) is 4.47. The van der Waals surface area contributed by atoms with Gasteiger partial charge in [0, 0.05) is 11.1 Å². The number of rotatable bonds is 9. The molecule has 9 heteroatoms. The van der Waals surface area contributed by atoms with Gasteiger partial charge in [-0.25, -0.2) is 0 Å². The number of nitrogens with one attached hydrogen (secondary N) is 1. The molecule has 0 aliphatic heterocycles. The summed E-state index contributed by atoms with van der Waals surface area (Å²) in [6.07, 6.45) is 1.44. The second kappa shape index (κ2) is 11.1. The van der Waals surface area contributed by atoms with Crippen LogP contribution in [0.3, 0.4) is 0 Å². The van der Waals surface area contributed by atoms with Gasteiger partial charge in [0.2, 0.25) is 0 Å². The predicted octanol–water partition coefficient (Wildman–Crippen LogP) is 4.96.